The number of likely N-dealkylation sites (tertiary alicyclic amines) is 1. The lowest BCUT2D eigenvalue weighted by Crippen LogP contribution is -2.47. The standard InChI is InChI=1S/C20H25N3O2S/c1-13-21-16(12-26-13)14-7-9-15(10-8-14)22-18(24)17-6-5-11-23(17)19(25)20(2,3)4/h7-10,12,17H,5-6,11H2,1-4H3,(H,22,24). The van der Waals surface area contributed by atoms with Gasteiger partial charge in [-0.25, -0.2) is 4.98 Å². The molecule has 3 rings (SSSR count). The Bertz CT molecular complexity index is 805. The highest BCUT2D eigenvalue weighted by molar-refractivity contribution is 7.09. The fourth-order valence-electron chi connectivity index (χ4n) is 3.16. The van der Waals surface area contributed by atoms with Gasteiger partial charge in [0.25, 0.3) is 0 Å². The molecule has 1 fully saturated rings. The number of nitrogens with zero attached hydrogens (tertiary/aromatic N) is 2. The minimum atomic E-state index is -0.476. The van der Waals surface area contributed by atoms with Gasteiger partial charge in [0.15, 0.2) is 0 Å². The van der Waals surface area contributed by atoms with E-state index in [1.807, 2.05) is 57.3 Å². The van der Waals surface area contributed by atoms with Crippen LogP contribution in [0.3, 0.4) is 0 Å². The molecule has 1 unspecified atom stereocenters. The Kier molecular flexibility index (Phi) is 5.14. The van der Waals surface area contributed by atoms with Crippen LogP contribution in [0.25, 0.3) is 11.3 Å². The lowest BCUT2D eigenvalue weighted by molar-refractivity contribution is -0.143. The molecule has 1 aliphatic heterocycles. The second-order valence-electron chi connectivity index (χ2n) is 7.72. The number of anilines is 1. The Morgan fingerprint density at radius 1 is 1.23 bits per heavy atom. The number of amides is 2. The first kappa shape index (κ1) is 18.6. The number of aromatic nitrogens is 1. The lowest BCUT2D eigenvalue weighted by atomic mass is 9.94. The van der Waals surface area contributed by atoms with Gasteiger partial charge in [-0.1, -0.05) is 32.9 Å². The number of nitrogens with one attached hydrogen (secondary N) is 1. The molecule has 1 aliphatic rings. The normalized spacial score (nSPS) is 17.4. The van der Waals surface area contributed by atoms with Crippen LogP contribution >= 0.6 is 11.3 Å². The SMILES string of the molecule is Cc1nc(-c2ccc(NC(=O)C3CCCN3C(=O)C(C)(C)C)cc2)cs1. The van der Waals surface area contributed by atoms with E-state index in [0.29, 0.717) is 13.0 Å². The van der Waals surface area contributed by atoms with E-state index in [1.165, 1.54) is 0 Å². The Morgan fingerprint density at radius 2 is 1.92 bits per heavy atom. The van der Waals surface area contributed by atoms with Gasteiger partial charge in [0, 0.05) is 28.6 Å². The molecule has 1 N–H and O–H groups in total. The fourth-order valence-corrected chi connectivity index (χ4v) is 3.78. The zero-order valence-corrected chi connectivity index (χ0v) is 16.5. The zero-order valence-electron chi connectivity index (χ0n) is 15.7. The van der Waals surface area contributed by atoms with E-state index in [-0.39, 0.29) is 17.9 Å². The molecule has 1 aromatic carbocycles. The van der Waals surface area contributed by atoms with E-state index in [4.69, 9.17) is 0 Å². The highest BCUT2D eigenvalue weighted by Gasteiger charge is 2.38. The molecular formula is C20H25N3O2S. The summed E-state index contributed by atoms with van der Waals surface area (Å²) in [4.78, 5) is 31.5. The molecule has 26 heavy (non-hydrogen) atoms. The van der Waals surface area contributed by atoms with Crippen LogP contribution in [-0.4, -0.2) is 34.3 Å². The molecule has 0 saturated carbocycles. The molecule has 5 nitrogen and oxygen atoms in total. The summed E-state index contributed by atoms with van der Waals surface area (Å²) in [6, 6.07) is 7.29. The third-order valence-corrected chi connectivity index (χ3v) is 5.30. The fraction of sp³-hybridized carbons (Fsp3) is 0.450. The van der Waals surface area contributed by atoms with Crippen LogP contribution in [0.15, 0.2) is 29.6 Å². The summed E-state index contributed by atoms with van der Waals surface area (Å²) in [6.07, 6.45) is 1.58. The van der Waals surface area contributed by atoms with Crippen LogP contribution in [-0.2, 0) is 9.59 Å². The molecule has 138 valence electrons. The molecule has 6 heteroatoms. The molecule has 2 aromatic rings. The Balaban J connectivity index is 1.68. The van der Waals surface area contributed by atoms with Crippen molar-refractivity contribution in [3.63, 3.8) is 0 Å². The van der Waals surface area contributed by atoms with Crippen molar-refractivity contribution in [1.29, 1.82) is 0 Å². The van der Waals surface area contributed by atoms with Gasteiger partial charge in [0.2, 0.25) is 11.8 Å². The van der Waals surface area contributed by atoms with Gasteiger partial charge in [0.1, 0.15) is 6.04 Å². The van der Waals surface area contributed by atoms with Crippen molar-refractivity contribution >= 4 is 28.8 Å². The lowest BCUT2D eigenvalue weighted by Gasteiger charge is -2.30. The summed E-state index contributed by atoms with van der Waals surface area (Å²) in [5.41, 5.74) is 2.23. The van der Waals surface area contributed by atoms with Crippen LogP contribution in [0.1, 0.15) is 38.6 Å². The average Bonchev–Trinajstić information content (AvgIpc) is 3.23. The van der Waals surface area contributed by atoms with Gasteiger partial charge in [-0.3, -0.25) is 9.59 Å². The molecule has 1 atom stereocenters. The van der Waals surface area contributed by atoms with Crippen LogP contribution in [0, 0.1) is 12.3 Å². The van der Waals surface area contributed by atoms with Gasteiger partial charge >= 0.3 is 0 Å². The molecule has 1 aromatic heterocycles. The topological polar surface area (TPSA) is 62.3 Å². The Morgan fingerprint density at radius 3 is 2.50 bits per heavy atom. The highest BCUT2D eigenvalue weighted by atomic mass is 32.1. The van der Waals surface area contributed by atoms with Gasteiger partial charge in [0.05, 0.1) is 10.7 Å². The number of aryl methyl sites for hydroxylation is 1. The third-order valence-electron chi connectivity index (χ3n) is 4.53. The number of thiazole rings is 1. The van der Waals surface area contributed by atoms with E-state index >= 15 is 0 Å². The molecule has 2 amide bonds. The van der Waals surface area contributed by atoms with Crippen LogP contribution in [0.5, 0.6) is 0 Å². The van der Waals surface area contributed by atoms with Crippen molar-refractivity contribution in [2.45, 2.75) is 46.6 Å². The smallest absolute Gasteiger partial charge is 0.247 e. The molecule has 0 bridgehead atoms. The van der Waals surface area contributed by atoms with Crippen LogP contribution < -0.4 is 5.32 Å². The number of benzene rings is 1. The average molecular weight is 372 g/mol. The van der Waals surface area contributed by atoms with E-state index in [9.17, 15) is 9.59 Å². The van der Waals surface area contributed by atoms with Crippen molar-refractivity contribution < 1.29 is 9.59 Å². The second-order valence-corrected chi connectivity index (χ2v) is 8.79. The first-order chi connectivity index (χ1) is 12.3. The molecule has 2 heterocycles. The third kappa shape index (κ3) is 3.96. The summed E-state index contributed by atoms with van der Waals surface area (Å²) in [5, 5.41) is 6.01. The summed E-state index contributed by atoms with van der Waals surface area (Å²) in [6.45, 7) is 8.30. The second kappa shape index (κ2) is 7.19. The number of hydrogen-bond acceptors (Lipinski definition) is 4. The number of carbonyl (C=O) groups is 2. The molecule has 0 radical (unpaired) electrons. The predicted octanol–water partition coefficient (Wildman–Crippen LogP) is 4.09. The van der Waals surface area contributed by atoms with Gasteiger partial charge < -0.3 is 10.2 Å². The molecule has 1 saturated heterocycles. The van der Waals surface area contributed by atoms with Crippen LogP contribution in [0.2, 0.25) is 0 Å². The van der Waals surface area contributed by atoms with Crippen molar-refractivity contribution in [2.75, 3.05) is 11.9 Å². The van der Waals surface area contributed by atoms with Crippen molar-refractivity contribution in [1.82, 2.24) is 9.88 Å². The van der Waals surface area contributed by atoms with Crippen LogP contribution in [0.4, 0.5) is 5.69 Å². The summed E-state index contributed by atoms with van der Waals surface area (Å²) in [7, 11) is 0. The van der Waals surface area contributed by atoms with Crippen molar-refractivity contribution in [2.24, 2.45) is 5.41 Å². The Labute approximate surface area is 158 Å². The summed E-state index contributed by atoms with van der Waals surface area (Å²) < 4.78 is 0. The largest absolute Gasteiger partial charge is 0.330 e. The van der Waals surface area contributed by atoms with E-state index in [2.05, 4.69) is 10.3 Å². The van der Waals surface area contributed by atoms with Gasteiger partial charge in [-0.15, -0.1) is 11.3 Å². The minimum Gasteiger partial charge on any atom is -0.330 e. The first-order valence-electron chi connectivity index (χ1n) is 8.90. The number of rotatable bonds is 3. The molecule has 0 aliphatic carbocycles. The Hall–Kier alpha value is -2.21. The maximum atomic E-state index is 12.7. The quantitative estimate of drug-likeness (QED) is 0.884. The minimum absolute atomic E-state index is 0.0319. The van der Waals surface area contributed by atoms with E-state index in [0.717, 1.165) is 28.4 Å². The zero-order chi connectivity index (χ0) is 18.9. The predicted molar refractivity (Wildman–Crippen MR) is 105 cm³/mol. The van der Waals surface area contributed by atoms with Crippen molar-refractivity contribution in [3.8, 4) is 11.3 Å². The number of hydrogen-bond donors (Lipinski definition) is 1. The van der Waals surface area contributed by atoms with Gasteiger partial charge in [-0.2, -0.15) is 0 Å². The maximum absolute atomic E-state index is 12.7. The van der Waals surface area contributed by atoms with E-state index in [1.54, 1.807) is 16.2 Å². The van der Waals surface area contributed by atoms with Gasteiger partial charge in [-0.05, 0) is 31.9 Å². The van der Waals surface area contributed by atoms with E-state index < -0.39 is 5.41 Å². The highest BCUT2D eigenvalue weighted by Crippen LogP contribution is 2.27. The first-order valence-corrected chi connectivity index (χ1v) is 9.78. The summed E-state index contributed by atoms with van der Waals surface area (Å²) >= 11 is 1.62. The maximum Gasteiger partial charge on any atom is 0.247 e. The van der Waals surface area contributed by atoms with Crippen molar-refractivity contribution in [3.05, 3.63) is 34.7 Å². The monoisotopic (exact) mass is 371 g/mol. The summed E-state index contributed by atoms with van der Waals surface area (Å²) in [5.74, 6) is -0.0817. The molecular weight excluding hydrogens is 346 g/mol. The molecule has 0 spiro atoms. The number of carbonyl (C=O) groups excluding carboxylic acids is 2.